The lowest BCUT2D eigenvalue weighted by Gasteiger charge is -2.29. The number of pyridine rings is 1. The zero-order chi connectivity index (χ0) is 19.2. The normalized spacial score (nSPS) is 12.1. The van der Waals surface area contributed by atoms with Crippen molar-refractivity contribution in [2.45, 2.75) is 19.1 Å². The van der Waals surface area contributed by atoms with Crippen LogP contribution in [0.4, 0.5) is 4.39 Å². The van der Waals surface area contributed by atoms with Gasteiger partial charge in [0.2, 0.25) is 0 Å². The predicted octanol–water partition coefficient (Wildman–Crippen LogP) is 3.65. The average molecular weight is 370 g/mol. The summed E-state index contributed by atoms with van der Waals surface area (Å²) in [7, 11) is 1.43. The number of carboxylic acids is 1. The topological polar surface area (TPSA) is 75.8 Å². The van der Waals surface area contributed by atoms with Crippen molar-refractivity contribution in [1.82, 2.24) is 9.88 Å². The van der Waals surface area contributed by atoms with Crippen molar-refractivity contribution in [2.75, 3.05) is 7.11 Å². The monoisotopic (exact) mass is 370 g/mol. The van der Waals surface area contributed by atoms with Gasteiger partial charge in [0.25, 0.3) is 0 Å². The third-order valence-corrected chi connectivity index (χ3v) is 4.16. The number of hydrogen-bond donors (Lipinski definition) is 1. The van der Waals surface area contributed by atoms with Crippen molar-refractivity contribution in [3.63, 3.8) is 0 Å². The number of aliphatic carboxylic acids is 1. The minimum absolute atomic E-state index is 0.228. The molecule has 1 aromatic carbocycles. The van der Waals surface area contributed by atoms with Crippen molar-refractivity contribution in [3.8, 4) is 5.75 Å². The number of hydrogen-bond acceptors (Lipinski definition) is 5. The summed E-state index contributed by atoms with van der Waals surface area (Å²) in [5.41, 5.74) is 1.11. The summed E-state index contributed by atoms with van der Waals surface area (Å²) < 4.78 is 24.6. The number of carboxylic acid groups (broad SMARTS) is 1. The molecule has 0 spiro atoms. The van der Waals surface area contributed by atoms with E-state index in [0.717, 1.165) is 5.56 Å². The first kappa shape index (κ1) is 18.6. The molecule has 6 nitrogen and oxygen atoms in total. The lowest BCUT2D eigenvalue weighted by Crippen LogP contribution is -2.33. The van der Waals surface area contributed by atoms with Gasteiger partial charge in [-0.05, 0) is 48.0 Å². The van der Waals surface area contributed by atoms with Crippen molar-refractivity contribution in [2.24, 2.45) is 0 Å². The van der Waals surface area contributed by atoms with Gasteiger partial charge in [-0.2, -0.15) is 0 Å². The van der Waals surface area contributed by atoms with E-state index in [1.807, 2.05) is 0 Å². The van der Waals surface area contributed by atoms with E-state index >= 15 is 0 Å². The molecule has 0 amide bonds. The molecule has 1 atom stereocenters. The number of halogens is 1. The van der Waals surface area contributed by atoms with Crippen molar-refractivity contribution in [3.05, 3.63) is 83.8 Å². The molecule has 0 aliphatic rings. The van der Waals surface area contributed by atoms with Crippen molar-refractivity contribution < 1.29 is 23.4 Å². The summed E-state index contributed by atoms with van der Waals surface area (Å²) in [4.78, 5) is 17.8. The lowest BCUT2D eigenvalue weighted by atomic mass is 10.0. The largest absolute Gasteiger partial charge is 0.496 e. The van der Waals surface area contributed by atoms with Crippen LogP contribution in [-0.4, -0.2) is 28.1 Å². The smallest absolute Gasteiger partial charge is 0.325 e. The van der Waals surface area contributed by atoms with Gasteiger partial charge in [-0.1, -0.05) is 0 Å². The molecule has 2 aromatic heterocycles. The quantitative estimate of drug-likeness (QED) is 0.652. The molecule has 3 aromatic rings. The molecule has 7 heteroatoms. The van der Waals surface area contributed by atoms with Crippen LogP contribution in [-0.2, 0) is 17.9 Å². The maximum Gasteiger partial charge on any atom is 0.325 e. The van der Waals surface area contributed by atoms with Crippen LogP contribution in [0.2, 0.25) is 0 Å². The van der Waals surface area contributed by atoms with Gasteiger partial charge in [0, 0.05) is 24.5 Å². The Morgan fingerprint density at radius 2 is 2.04 bits per heavy atom. The highest BCUT2D eigenvalue weighted by Crippen LogP contribution is 2.32. The van der Waals surface area contributed by atoms with Gasteiger partial charge in [0.1, 0.15) is 23.4 Å². The first-order chi connectivity index (χ1) is 13.1. The number of nitrogens with zero attached hydrogens (tertiary/aromatic N) is 2. The van der Waals surface area contributed by atoms with Crippen LogP contribution in [0.1, 0.15) is 22.9 Å². The molecule has 0 fully saturated rings. The van der Waals surface area contributed by atoms with Gasteiger partial charge in [-0.3, -0.25) is 14.7 Å². The molecule has 3 rings (SSSR count). The van der Waals surface area contributed by atoms with Crippen molar-refractivity contribution in [1.29, 1.82) is 0 Å². The molecule has 1 N–H and O–H groups in total. The highest BCUT2D eigenvalue weighted by Gasteiger charge is 2.31. The average Bonchev–Trinajstić information content (AvgIpc) is 3.16. The lowest BCUT2D eigenvalue weighted by molar-refractivity contribution is -0.144. The Hall–Kier alpha value is -3.19. The van der Waals surface area contributed by atoms with E-state index in [1.165, 1.54) is 31.6 Å². The van der Waals surface area contributed by atoms with E-state index in [2.05, 4.69) is 4.98 Å². The van der Waals surface area contributed by atoms with E-state index in [1.54, 1.807) is 41.6 Å². The molecule has 0 unspecified atom stereocenters. The molecule has 0 radical (unpaired) electrons. The second kappa shape index (κ2) is 8.46. The Morgan fingerprint density at radius 1 is 1.26 bits per heavy atom. The summed E-state index contributed by atoms with van der Waals surface area (Å²) in [6.45, 7) is 0.534. The van der Waals surface area contributed by atoms with Crippen molar-refractivity contribution >= 4 is 5.97 Å². The fourth-order valence-corrected chi connectivity index (χ4v) is 2.97. The highest BCUT2D eigenvalue weighted by atomic mass is 19.1. The van der Waals surface area contributed by atoms with Crippen LogP contribution >= 0.6 is 0 Å². The number of rotatable bonds is 8. The Kier molecular flexibility index (Phi) is 5.83. The molecule has 2 heterocycles. The number of ether oxygens (including phenoxy) is 1. The standard InChI is InChI=1S/C20H19FN2O4/c1-26-18-5-4-15(21)11-17(18)19(20(24)25)23(13-16-3-2-10-27-16)12-14-6-8-22-9-7-14/h2-11,19H,12-13H2,1H3,(H,24,25)/t19-/m1/s1. The molecule has 140 valence electrons. The number of benzene rings is 1. The minimum Gasteiger partial charge on any atom is -0.496 e. The van der Waals surface area contributed by atoms with Crippen LogP contribution < -0.4 is 4.74 Å². The second-order valence-corrected chi connectivity index (χ2v) is 5.97. The molecule has 0 aliphatic heterocycles. The van der Waals surface area contributed by atoms with E-state index in [0.29, 0.717) is 18.1 Å². The first-order valence-electron chi connectivity index (χ1n) is 8.30. The van der Waals surface area contributed by atoms with E-state index < -0.39 is 17.8 Å². The second-order valence-electron chi connectivity index (χ2n) is 5.97. The fraction of sp³-hybridized carbons (Fsp3) is 0.200. The van der Waals surface area contributed by atoms with Gasteiger partial charge >= 0.3 is 5.97 Å². The van der Waals surface area contributed by atoms with Gasteiger partial charge in [-0.15, -0.1) is 0 Å². The summed E-state index contributed by atoms with van der Waals surface area (Å²) in [6.07, 6.45) is 4.80. The fourth-order valence-electron chi connectivity index (χ4n) is 2.97. The molecular formula is C20H19FN2O4. The van der Waals surface area contributed by atoms with E-state index in [-0.39, 0.29) is 12.1 Å². The SMILES string of the molecule is COc1ccc(F)cc1[C@H](C(=O)O)N(Cc1ccncc1)Cc1ccco1. The summed E-state index contributed by atoms with van der Waals surface area (Å²) >= 11 is 0. The van der Waals surface area contributed by atoms with Gasteiger partial charge in [0.05, 0.1) is 19.9 Å². The minimum atomic E-state index is -1.13. The molecule has 0 bridgehead atoms. The number of carbonyl (C=O) groups is 1. The van der Waals surface area contributed by atoms with Crippen LogP contribution in [0.5, 0.6) is 5.75 Å². The Morgan fingerprint density at radius 3 is 2.67 bits per heavy atom. The van der Waals surface area contributed by atoms with Crippen LogP contribution in [0.3, 0.4) is 0 Å². The zero-order valence-corrected chi connectivity index (χ0v) is 14.7. The van der Waals surface area contributed by atoms with E-state index in [4.69, 9.17) is 9.15 Å². The van der Waals surface area contributed by atoms with Gasteiger partial charge < -0.3 is 14.3 Å². The maximum atomic E-state index is 13.9. The third kappa shape index (κ3) is 4.51. The molecular weight excluding hydrogens is 351 g/mol. The highest BCUT2D eigenvalue weighted by molar-refractivity contribution is 5.76. The first-order valence-corrected chi connectivity index (χ1v) is 8.30. The Bertz CT molecular complexity index is 884. The number of methoxy groups -OCH3 is 1. The Balaban J connectivity index is 2.03. The molecule has 0 aliphatic carbocycles. The predicted molar refractivity (Wildman–Crippen MR) is 95.5 cm³/mol. The molecule has 0 saturated carbocycles. The number of furan rings is 1. The maximum absolute atomic E-state index is 13.9. The number of aromatic nitrogens is 1. The van der Waals surface area contributed by atoms with Gasteiger partial charge in [0.15, 0.2) is 0 Å². The van der Waals surface area contributed by atoms with E-state index in [9.17, 15) is 14.3 Å². The summed E-state index contributed by atoms with van der Waals surface area (Å²) in [5, 5.41) is 9.95. The molecule has 0 saturated heterocycles. The Labute approximate surface area is 155 Å². The van der Waals surface area contributed by atoms with Gasteiger partial charge in [-0.25, -0.2) is 4.39 Å². The zero-order valence-electron chi connectivity index (χ0n) is 14.7. The summed E-state index contributed by atoms with van der Waals surface area (Å²) in [6, 6.07) is 9.83. The molecule has 27 heavy (non-hydrogen) atoms. The summed E-state index contributed by atoms with van der Waals surface area (Å²) in [5.74, 6) is -0.730. The van der Waals surface area contributed by atoms with Crippen LogP contribution in [0, 0.1) is 5.82 Å². The van der Waals surface area contributed by atoms with Crippen LogP contribution in [0.15, 0.2) is 65.5 Å². The van der Waals surface area contributed by atoms with Crippen LogP contribution in [0.25, 0.3) is 0 Å². The third-order valence-electron chi connectivity index (χ3n) is 4.16.